The number of hydroxylamine groups is 2. The molecule has 6 aromatic carbocycles. The highest BCUT2D eigenvalue weighted by molar-refractivity contribution is 6.04. The van der Waals surface area contributed by atoms with E-state index in [1.165, 1.54) is 30.3 Å². The number of carbonyl (C=O) groups is 8. The molecule has 0 aliphatic heterocycles. The minimum atomic E-state index is -1.52. The average Bonchev–Trinajstić information content (AvgIpc) is 4.03. The van der Waals surface area contributed by atoms with Crippen molar-refractivity contribution >= 4 is 58.8 Å². The summed E-state index contributed by atoms with van der Waals surface area (Å²) in [4.78, 5) is 113. The van der Waals surface area contributed by atoms with Gasteiger partial charge < -0.3 is 44.2 Å². The number of benzene rings is 6. The number of nitrogens with zero attached hydrogens (tertiary/aromatic N) is 1. The number of hydrogen-bond acceptors (Lipinski definition) is 14. The zero-order chi connectivity index (χ0) is 56.6. The maximum Gasteiger partial charge on any atom is 0.363 e. The van der Waals surface area contributed by atoms with E-state index >= 15 is 0 Å². The van der Waals surface area contributed by atoms with Gasteiger partial charge in [0.05, 0.1) is 36.2 Å². The first-order chi connectivity index (χ1) is 38.9. The highest BCUT2D eigenvalue weighted by Crippen LogP contribution is 2.30. The van der Waals surface area contributed by atoms with Crippen LogP contribution in [0.3, 0.4) is 0 Å². The van der Waals surface area contributed by atoms with Gasteiger partial charge in [0.1, 0.15) is 37.4 Å². The van der Waals surface area contributed by atoms with Gasteiger partial charge in [-0.1, -0.05) is 167 Å². The zero-order valence-corrected chi connectivity index (χ0v) is 44.3. The highest BCUT2D eigenvalue weighted by Gasteiger charge is 2.34. The molecule has 7 aromatic rings. The molecule has 3 atom stereocenters. The molecule has 0 aliphatic carbocycles. The summed E-state index contributed by atoms with van der Waals surface area (Å²) in [5.41, 5.74) is 2.50. The number of carbonyl (C=O) groups excluding carboxylic acids is 8. The summed E-state index contributed by atoms with van der Waals surface area (Å²) < 4.78 is 28.3. The van der Waals surface area contributed by atoms with E-state index in [2.05, 4.69) is 16.0 Å². The van der Waals surface area contributed by atoms with E-state index in [0.29, 0.717) is 41.3 Å². The van der Waals surface area contributed by atoms with Crippen molar-refractivity contribution in [1.82, 2.24) is 21.0 Å². The lowest BCUT2D eigenvalue weighted by molar-refractivity contribution is -0.171. The predicted octanol–water partition coefficient (Wildman–Crippen LogP) is 9.21. The van der Waals surface area contributed by atoms with E-state index in [9.17, 15) is 38.4 Å². The Labute approximate surface area is 462 Å². The lowest BCUT2D eigenvalue weighted by atomic mass is 9.90. The second-order valence-corrected chi connectivity index (χ2v) is 18.5. The van der Waals surface area contributed by atoms with Crippen molar-refractivity contribution in [2.45, 2.75) is 84.3 Å². The Kier molecular flexibility index (Phi) is 21.6. The number of hydrogen-bond donors (Lipinski definition) is 3. The lowest BCUT2D eigenvalue weighted by Crippen LogP contribution is -2.49. The fourth-order valence-electron chi connectivity index (χ4n) is 8.64. The number of furan rings is 1. The first-order valence-electron chi connectivity index (χ1n) is 26.2. The summed E-state index contributed by atoms with van der Waals surface area (Å²) in [5, 5.41) is 10.3. The summed E-state index contributed by atoms with van der Waals surface area (Å²) in [5.74, 6) is -6.28. The van der Waals surface area contributed by atoms with E-state index in [1.807, 2.05) is 37.3 Å². The Bertz CT molecular complexity index is 3220. The van der Waals surface area contributed by atoms with E-state index in [1.54, 1.807) is 110 Å². The zero-order valence-electron chi connectivity index (χ0n) is 44.3. The Morgan fingerprint density at radius 1 is 0.625 bits per heavy atom. The van der Waals surface area contributed by atoms with Crippen LogP contribution >= 0.6 is 0 Å². The number of unbranched alkanes of at least 4 members (excludes halogenated alkanes) is 2. The van der Waals surface area contributed by atoms with Gasteiger partial charge in [-0.2, -0.15) is 5.06 Å². The molecule has 0 aliphatic rings. The molecule has 0 fully saturated rings. The van der Waals surface area contributed by atoms with Gasteiger partial charge in [-0.25, -0.2) is 14.4 Å². The number of ether oxygens (including phenoxy) is 4. The molecule has 1 aromatic heterocycles. The van der Waals surface area contributed by atoms with Gasteiger partial charge in [0.25, 0.3) is 11.8 Å². The van der Waals surface area contributed by atoms with Crippen molar-refractivity contribution in [2.75, 3.05) is 13.3 Å². The standard InChI is InChI=1S/C62H62N4O14/c1-3-5-9-28-49(52(4-2)66(41-67)80-61(73)48-29-18-26-45-25-16-17-27-47(45)48)58(70)63-40-64-60(72)54-33-32-53(79-54)46-30-31-50(55(34-46)75-39-57(69)77-37-43-21-12-7-13-22-43)59(71)65-51(62(74)78-38-44-23-14-8-15-24-44)35-56(68)76-36-42-19-10-6-11-20-42/h6-8,10-27,29-34,41,49,51-52H,3-5,9,28,35-40H2,1-2H3,(H,63,70)(H,64,72)(H,65,71)/t49-,51+,52-/m1/s1. The molecule has 0 radical (unpaired) electrons. The van der Waals surface area contributed by atoms with E-state index in [-0.39, 0.29) is 61.3 Å². The molecular weight excluding hydrogens is 1020 g/mol. The van der Waals surface area contributed by atoms with E-state index in [4.69, 9.17) is 28.2 Å². The molecule has 7 rings (SSSR count). The second-order valence-electron chi connectivity index (χ2n) is 18.5. The third kappa shape index (κ3) is 16.7. The minimum Gasteiger partial charge on any atom is -0.481 e. The molecule has 80 heavy (non-hydrogen) atoms. The quantitative estimate of drug-likeness (QED) is 0.00991. The Balaban J connectivity index is 1.04. The molecular formula is C62H62N4O14. The van der Waals surface area contributed by atoms with Crippen molar-refractivity contribution in [1.29, 1.82) is 0 Å². The topological polar surface area (TPSA) is 235 Å². The number of fused-ring (bicyclic) bond motifs is 1. The second kappa shape index (κ2) is 29.8. The normalized spacial score (nSPS) is 11.9. The SMILES string of the molecule is CCCCC[C@@H](C(=O)NCNC(=O)c1ccc(-c2ccc(C(=O)N[C@@H](CC(=O)OCc3ccccc3)C(=O)OCc3ccccc3)c(OCC(=O)OCc3ccccc3)c2)o1)[C@@H](CC)N(C=O)OC(=O)c1cccc2ccccc12. The van der Waals surface area contributed by atoms with Crippen LogP contribution in [0.1, 0.15) is 100 Å². The fourth-order valence-corrected chi connectivity index (χ4v) is 8.64. The van der Waals surface area contributed by atoms with Crippen molar-refractivity contribution in [3.05, 3.63) is 197 Å². The number of amides is 4. The highest BCUT2D eigenvalue weighted by atomic mass is 16.7. The number of esters is 3. The van der Waals surface area contributed by atoms with Crippen molar-refractivity contribution in [3.63, 3.8) is 0 Å². The summed E-state index contributed by atoms with van der Waals surface area (Å²) >= 11 is 0. The minimum absolute atomic E-state index is 0.0493. The number of nitrogens with one attached hydrogen (secondary N) is 3. The van der Waals surface area contributed by atoms with Crippen LogP contribution in [0, 0.1) is 5.92 Å². The van der Waals surface area contributed by atoms with Crippen molar-refractivity contribution in [2.24, 2.45) is 5.92 Å². The lowest BCUT2D eigenvalue weighted by Gasteiger charge is -2.32. The largest absolute Gasteiger partial charge is 0.481 e. The smallest absolute Gasteiger partial charge is 0.363 e. The van der Waals surface area contributed by atoms with Gasteiger partial charge in [0.15, 0.2) is 12.4 Å². The van der Waals surface area contributed by atoms with Crippen LogP contribution in [0.5, 0.6) is 5.75 Å². The monoisotopic (exact) mass is 1090 g/mol. The van der Waals surface area contributed by atoms with Gasteiger partial charge in [-0.05, 0) is 70.6 Å². The van der Waals surface area contributed by atoms with Crippen LogP contribution in [0.4, 0.5) is 0 Å². The molecule has 18 heteroatoms. The molecule has 1 heterocycles. The van der Waals surface area contributed by atoms with Crippen LogP contribution in [0.15, 0.2) is 168 Å². The van der Waals surface area contributed by atoms with Crippen LogP contribution in [0.2, 0.25) is 0 Å². The van der Waals surface area contributed by atoms with Crippen LogP contribution in [-0.2, 0) is 62.8 Å². The maximum absolute atomic E-state index is 14.2. The molecule has 414 valence electrons. The molecule has 18 nitrogen and oxygen atoms in total. The third-order valence-electron chi connectivity index (χ3n) is 12.8. The molecule has 3 N–H and O–H groups in total. The first-order valence-corrected chi connectivity index (χ1v) is 26.2. The van der Waals surface area contributed by atoms with Crippen LogP contribution < -0.4 is 20.7 Å². The first kappa shape index (κ1) is 58.1. The molecule has 0 bridgehead atoms. The fraction of sp³-hybridized carbons (Fsp3) is 0.258. The Hall–Kier alpha value is -9.58. The van der Waals surface area contributed by atoms with E-state index < -0.39 is 72.6 Å². The number of rotatable bonds is 29. The van der Waals surface area contributed by atoms with Crippen molar-refractivity contribution < 1.29 is 66.6 Å². The van der Waals surface area contributed by atoms with Gasteiger partial charge in [-0.15, -0.1) is 0 Å². The molecule has 0 saturated carbocycles. The average molecular weight is 1090 g/mol. The molecule has 0 spiro atoms. The van der Waals surface area contributed by atoms with Gasteiger partial charge in [0, 0.05) is 5.56 Å². The summed E-state index contributed by atoms with van der Waals surface area (Å²) in [6, 6.07) is 43.9. The summed E-state index contributed by atoms with van der Waals surface area (Å²) in [6.07, 6.45) is 2.74. The molecule has 4 amide bonds. The predicted molar refractivity (Wildman–Crippen MR) is 294 cm³/mol. The Morgan fingerprint density at radius 3 is 1.90 bits per heavy atom. The molecule has 0 unspecified atom stereocenters. The van der Waals surface area contributed by atoms with E-state index in [0.717, 1.165) is 28.9 Å². The summed E-state index contributed by atoms with van der Waals surface area (Å²) in [6.45, 7) is 2.53. The van der Waals surface area contributed by atoms with Crippen molar-refractivity contribution in [3.8, 4) is 17.1 Å². The Morgan fingerprint density at radius 2 is 1.25 bits per heavy atom. The van der Waals surface area contributed by atoms with Crippen LogP contribution in [0.25, 0.3) is 22.1 Å². The molecule has 0 saturated heterocycles. The van der Waals surface area contributed by atoms with Gasteiger partial charge >= 0.3 is 23.9 Å². The van der Waals surface area contributed by atoms with Crippen LogP contribution in [-0.4, -0.2) is 78.4 Å². The van der Waals surface area contributed by atoms with Gasteiger partial charge in [-0.3, -0.25) is 24.0 Å². The third-order valence-corrected chi connectivity index (χ3v) is 12.8. The maximum atomic E-state index is 14.2. The van der Waals surface area contributed by atoms with Gasteiger partial charge in [0.2, 0.25) is 12.3 Å². The summed E-state index contributed by atoms with van der Waals surface area (Å²) in [7, 11) is 0.